The van der Waals surface area contributed by atoms with Crippen LogP contribution in [-0.2, 0) is 9.84 Å². The van der Waals surface area contributed by atoms with Gasteiger partial charge in [-0.3, -0.25) is 0 Å². The van der Waals surface area contributed by atoms with E-state index in [-0.39, 0.29) is 10.5 Å². The number of carbonyl (C=O) groups is 1. The van der Waals surface area contributed by atoms with Crippen LogP contribution in [0.3, 0.4) is 0 Å². The van der Waals surface area contributed by atoms with Gasteiger partial charge in [-0.05, 0) is 41.1 Å². The van der Waals surface area contributed by atoms with Crippen LogP contribution in [0, 0.1) is 0 Å². The summed E-state index contributed by atoms with van der Waals surface area (Å²) in [4.78, 5) is 10.9. The van der Waals surface area contributed by atoms with Crippen molar-refractivity contribution in [1.82, 2.24) is 0 Å². The predicted octanol–water partition coefficient (Wildman–Crippen LogP) is 2.50. The van der Waals surface area contributed by atoms with E-state index in [4.69, 9.17) is 5.11 Å². The lowest BCUT2D eigenvalue weighted by atomic mass is 10.2. The first kappa shape index (κ1) is 13.9. The van der Waals surface area contributed by atoms with Gasteiger partial charge >= 0.3 is 5.97 Å². The molecule has 1 N–H and O–H groups in total. The van der Waals surface area contributed by atoms with Gasteiger partial charge in [-0.15, -0.1) is 6.58 Å². The van der Waals surface area contributed by atoms with Crippen molar-refractivity contribution in [2.45, 2.75) is 17.1 Å². The molecule has 17 heavy (non-hydrogen) atoms. The Morgan fingerprint density at radius 1 is 1.53 bits per heavy atom. The smallest absolute Gasteiger partial charge is 0.336 e. The second-order valence-electron chi connectivity index (χ2n) is 3.43. The number of benzene rings is 1. The minimum Gasteiger partial charge on any atom is -0.478 e. The van der Waals surface area contributed by atoms with Crippen LogP contribution >= 0.6 is 15.9 Å². The molecule has 0 radical (unpaired) electrons. The second-order valence-corrected chi connectivity index (χ2v) is 6.59. The van der Waals surface area contributed by atoms with Crippen LogP contribution in [-0.4, -0.2) is 24.7 Å². The van der Waals surface area contributed by atoms with E-state index >= 15 is 0 Å². The fourth-order valence-corrected chi connectivity index (χ4v) is 2.83. The molecule has 0 aliphatic heterocycles. The van der Waals surface area contributed by atoms with Crippen molar-refractivity contribution in [2.75, 3.05) is 0 Å². The maximum absolute atomic E-state index is 12.0. The molecule has 1 aromatic carbocycles. The number of halogens is 1. The molecule has 0 aromatic heterocycles. The van der Waals surface area contributed by atoms with Gasteiger partial charge in [0, 0.05) is 4.47 Å². The summed E-state index contributed by atoms with van der Waals surface area (Å²) in [7, 11) is -3.56. The zero-order chi connectivity index (χ0) is 13.2. The Labute approximate surface area is 108 Å². The highest BCUT2D eigenvalue weighted by molar-refractivity contribution is 9.10. The standard InChI is InChI=1S/C11H11BrO4S/c1-3-7(2)17(15,16)8-4-5-10(12)9(6-8)11(13)14/h3-7H,1H2,2H3,(H,13,14). The highest BCUT2D eigenvalue weighted by atomic mass is 79.9. The van der Waals surface area contributed by atoms with Crippen molar-refractivity contribution in [2.24, 2.45) is 0 Å². The molecule has 0 bridgehead atoms. The molecule has 1 unspecified atom stereocenters. The van der Waals surface area contributed by atoms with Crippen molar-refractivity contribution < 1.29 is 18.3 Å². The quantitative estimate of drug-likeness (QED) is 0.866. The molecule has 0 fully saturated rings. The van der Waals surface area contributed by atoms with Crippen LogP contribution in [0.5, 0.6) is 0 Å². The Balaban J connectivity index is 3.40. The van der Waals surface area contributed by atoms with Crippen LogP contribution < -0.4 is 0 Å². The van der Waals surface area contributed by atoms with E-state index in [0.29, 0.717) is 4.47 Å². The molecular weight excluding hydrogens is 308 g/mol. The summed E-state index contributed by atoms with van der Waals surface area (Å²) in [5.74, 6) is -1.18. The third kappa shape index (κ3) is 2.76. The summed E-state index contributed by atoms with van der Waals surface area (Å²) in [5.41, 5.74) is -0.0812. The lowest BCUT2D eigenvalue weighted by Crippen LogP contribution is -2.15. The number of aromatic carboxylic acids is 1. The Morgan fingerprint density at radius 3 is 2.59 bits per heavy atom. The Hall–Kier alpha value is -1.14. The van der Waals surface area contributed by atoms with Crippen molar-refractivity contribution in [1.29, 1.82) is 0 Å². The van der Waals surface area contributed by atoms with E-state index in [1.165, 1.54) is 25.1 Å². The molecule has 1 rings (SSSR count). The summed E-state index contributed by atoms with van der Waals surface area (Å²) in [6, 6.07) is 3.92. The average molecular weight is 319 g/mol. The van der Waals surface area contributed by atoms with E-state index in [9.17, 15) is 13.2 Å². The van der Waals surface area contributed by atoms with Gasteiger partial charge in [-0.2, -0.15) is 0 Å². The molecule has 1 aromatic rings. The number of hydrogen-bond acceptors (Lipinski definition) is 3. The van der Waals surface area contributed by atoms with E-state index in [1.807, 2.05) is 0 Å². The number of carboxylic acids is 1. The number of carboxylic acid groups (broad SMARTS) is 1. The molecule has 92 valence electrons. The van der Waals surface area contributed by atoms with Crippen LogP contribution in [0.2, 0.25) is 0 Å². The van der Waals surface area contributed by atoms with Crippen LogP contribution in [0.25, 0.3) is 0 Å². The van der Waals surface area contributed by atoms with Crippen molar-refractivity contribution in [3.63, 3.8) is 0 Å². The van der Waals surface area contributed by atoms with E-state index in [1.54, 1.807) is 0 Å². The molecule has 0 aliphatic carbocycles. The van der Waals surface area contributed by atoms with E-state index < -0.39 is 21.1 Å². The van der Waals surface area contributed by atoms with Gasteiger partial charge in [0.2, 0.25) is 0 Å². The van der Waals surface area contributed by atoms with Crippen molar-refractivity contribution >= 4 is 31.7 Å². The molecule has 4 nitrogen and oxygen atoms in total. The van der Waals surface area contributed by atoms with E-state index in [2.05, 4.69) is 22.5 Å². The van der Waals surface area contributed by atoms with Gasteiger partial charge in [0.05, 0.1) is 15.7 Å². The highest BCUT2D eigenvalue weighted by Crippen LogP contribution is 2.23. The van der Waals surface area contributed by atoms with Gasteiger partial charge < -0.3 is 5.11 Å². The molecule has 0 saturated carbocycles. The third-order valence-corrected chi connectivity index (χ3v) is 5.09. The summed E-state index contributed by atoms with van der Waals surface area (Å²) in [5, 5.41) is 8.15. The summed E-state index contributed by atoms with van der Waals surface area (Å²) >= 11 is 3.06. The molecule has 6 heteroatoms. The summed E-state index contributed by atoms with van der Waals surface area (Å²) < 4.78 is 24.3. The molecule has 0 saturated heterocycles. The van der Waals surface area contributed by atoms with Gasteiger partial charge in [-0.1, -0.05) is 6.08 Å². The first-order valence-corrected chi connectivity index (χ1v) is 7.04. The molecule has 1 atom stereocenters. The molecule has 0 aliphatic rings. The lowest BCUT2D eigenvalue weighted by Gasteiger charge is -2.09. The van der Waals surface area contributed by atoms with Gasteiger partial charge in [-0.25, -0.2) is 13.2 Å². The van der Waals surface area contributed by atoms with Crippen molar-refractivity contribution in [3.8, 4) is 0 Å². The Morgan fingerprint density at radius 2 is 2.12 bits per heavy atom. The number of hydrogen-bond donors (Lipinski definition) is 1. The van der Waals surface area contributed by atoms with Crippen LogP contribution in [0.1, 0.15) is 17.3 Å². The zero-order valence-corrected chi connectivity index (χ0v) is 11.5. The summed E-state index contributed by atoms with van der Waals surface area (Å²) in [6.07, 6.45) is 1.30. The minimum atomic E-state index is -3.56. The van der Waals surface area contributed by atoms with E-state index in [0.717, 1.165) is 6.07 Å². The first-order chi connectivity index (χ1) is 7.80. The third-order valence-electron chi connectivity index (χ3n) is 2.32. The van der Waals surface area contributed by atoms with Crippen molar-refractivity contribution in [3.05, 3.63) is 40.9 Å². The number of sulfone groups is 1. The largest absolute Gasteiger partial charge is 0.478 e. The fourth-order valence-electron chi connectivity index (χ4n) is 1.19. The predicted molar refractivity (Wildman–Crippen MR) is 67.9 cm³/mol. The topological polar surface area (TPSA) is 71.4 Å². The molecule has 0 heterocycles. The van der Waals surface area contributed by atoms with Gasteiger partial charge in [0.1, 0.15) is 0 Å². The van der Waals surface area contributed by atoms with Crippen LogP contribution in [0.15, 0.2) is 40.2 Å². The summed E-state index contributed by atoms with van der Waals surface area (Å²) in [6.45, 7) is 4.91. The normalized spacial score (nSPS) is 13.1. The Kier molecular flexibility index (Phi) is 4.11. The van der Waals surface area contributed by atoms with Gasteiger partial charge in [0.25, 0.3) is 0 Å². The minimum absolute atomic E-state index is 0.0227. The lowest BCUT2D eigenvalue weighted by molar-refractivity contribution is 0.0695. The maximum atomic E-state index is 12.0. The van der Waals surface area contributed by atoms with Crippen LogP contribution in [0.4, 0.5) is 0 Å². The van der Waals surface area contributed by atoms with Gasteiger partial charge in [0.15, 0.2) is 9.84 Å². The highest BCUT2D eigenvalue weighted by Gasteiger charge is 2.22. The molecular formula is C11H11BrO4S. The monoisotopic (exact) mass is 318 g/mol. The average Bonchev–Trinajstić information content (AvgIpc) is 2.27. The second kappa shape index (κ2) is 5.01. The first-order valence-electron chi connectivity index (χ1n) is 4.70. The SMILES string of the molecule is C=CC(C)S(=O)(=O)c1ccc(Br)c(C(=O)O)c1. The zero-order valence-electron chi connectivity index (χ0n) is 9.05. The molecule has 0 amide bonds. The fraction of sp³-hybridized carbons (Fsp3) is 0.182. The molecule has 0 spiro atoms. The maximum Gasteiger partial charge on any atom is 0.336 e. The number of rotatable bonds is 4. The Bertz CT molecular complexity index is 563.